The standard InChI is InChI=1S/C34H27FN4O5S/c1-37-33(40)31-28-15-26(29(39(3)45(4,42)43)16-30(28)44-32(31)19-8-10-24(35)11-9-19)27-14-23(18-38(2)34(27)41)22-12-20-6-5-7-21(17-36)25(20)13-22/h5-11,13-16,18H,12H2,1-4H3,(H,37,40). The fourth-order valence-corrected chi connectivity index (χ4v) is 6.18. The Morgan fingerprint density at radius 2 is 1.82 bits per heavy atom. The molecule has 1 aliphatic carbocycles. The Bertz CT molecular complexity index is 2290. The molecule has 2 heterocycles. The van der Waals surface area contributed by atoms with Gasteiger partial charge in [-0.3, -0.25) is 13.9 Å². The van der Waals surface area contributed by atoms with Crippen LogP contribution in [0.25, 0.3) is 45.1 Å². The van der Waals surface area contributed by atoms with E-state index in [1.807, 2.05) is 18.2 Å². The zero-order valence-electron chi connectivity index (χ0n) is 24.8. The maximum Gasteiger partial charge on any atom is 0.258 e. The normalized spacial score (nSPS) is 12.5. The largest absolute Gasteiger partial charge is 0.455 e. The van der Waals surface area contributed by atoms with Gasteiger partial charge in [0.1, 0.15) is 17.2 Å². The lowest BCUT2D eigenvalue weighted by Crippen LogP contribution is -2.26. The molecular formula is C34H27FN4O5S. The van der Waals surface area contributed by atoms with Crippen LogP contribution in [0.3, 0.4) is 0 Å². The van der Waals surface area contributed by atoms with Gasteiger partial charge < -0.3 is 14.3 Å². The summed E-state index contributed by atoms with van der Waals surface area (Å²) in [5, 5.41) is 12.6. The number of nitriles is 1. The number of allylic oxidation sites excluding steroid dienone is 1. The van der Waals surface area contributed by atoms with Crippen molar-refractivity contribution in [3.63, 3.8) is 0 Å². The predicted octanol–water partition coefficient (Wildman–Crippen LogP) is 5.33. The quantitative estimate of drug-likeness (QED) is 0.273. The summed E-state index contributed by atoms with van der Waals surface area (Å²) in [6, 6.07) is 18.0. The van der Waals surface area contributed by atoms with Crippen molar-refractivity contribution in [1.82, 2.24) is 9.88 Å². The van der Waals surface area contributed by atoms with Gasteiger partial charge in [0.25, 0.3) is 11.5 Å². The number of carbonyl (C=O) groups excluding carboxylic acids is 1. The molecule has 2 aromatic heterocycles. The second kappa shape index (κ2) is 10.9. The second-order valence-electron chi connectivity index (χ2n) is 10.9. The van der Waals surface area contributed by atoms with Crippen molar-refractivity contribution in [1.29, 1.82) is 5.26 Å². The minimum absolute atomic E-state index is 0.153. The monoisotopic (exact) mass is 622 g/mol. The van der Waals surface area contributed by atoms with E-state index in [1.54, 1.807) is 31.4 Å². The summed E-state index contributed by atoms with van der Waals surface area (Å²) in [6.45, 7) is 0. The van der Waals surface area contributed by atoms with Crippen LogP contribution in [0.2, 0.25) is 0 Å². The number of hydrogen-bond acceptors (Lipinski definition) is 6. The number of hydrogen-bond donors (Lipinski definition) is 1. The molecule has 11 heteroatoms. The lowest BCUT2D eigenvalue weighted by molar-refractivity contribution is 0.0964. The number of halogens is 1. The average Bonchev–Trinajstić information content (AvgIpc) is 3.62. The third-order valence-corrected chi connectivity index (χ3v) is 9.26. The number of aromatic nitrogens is 1. The van der Waals surface area contributed by atoms with Crippen molar-refractivity contribution < 1.29 is 22.0 Å². The van der Waals surface area contributed by atoms with Gasteiger partial charge in [-0.15, -0.1) is 0 Å². The second-order valence-corrected chi connectivity index (χ2v) is 12.9. The third kappa shape index (κ3) is 5.09. The highest BCUT2D eigenvalue weighted by Gasteiger charge is 2.27. The number of sulfonamides is 1. The fourth-order valence-electron chi connectivity index (χ4n) is 5.67. The summed E-state index contributed by atoms with van der Waals surface area (Å²) in [5.74, 6) is -0.777. The van der Waals surface area contributed by atoms with Crippen LogP contribution in [0.15, 0.2) is 76.1 Å². The molecule has 6 rings (SSSR count). The number of rotatable bonds is 6. The molecular weight excluding hydrogens is 595 g/mol. The van der Waals surface area contributed by atoms with E-state index in [1.165, 1.54) is 49.0 Å². The first-order chi connectivity index (χ1) is 21.4. The lowest BCUT2D eigenvalue weighted by atomic mass is 9.96. The van der Waals surface area contributed by atoms with Crippen LogP contribution >= 0.6 is 0 Å². The molecule has 0 spiro atoms. The van der Waals surface area contributed by atoms with Gasteiger partial charge in [-0.25, -0.2) is 12.8 Å². The average molecular weight is 623 g/mol. The Kier molecular flexibility index (Phi) is 7.17. The minimum atomic E-state index is -3.81. The first-order valence-electron chi connectivity index (χ1n) is 13.9. The first-order valence-corrected chi connectivity index (χ1v) is 15.7. The number of fused-ring (bicyclic) bond motifs is 2. The van der Waals surface area contributed by atoms with Crippen LogP contribution in [0, 0.1) is 17.1 Å². The van der Waals surface area contributed by atoms with Crippen LogP contribution in [0.4, 0.5) is 10.1 Å². The van der Waals surface area contributed by atoms with Gasteiger partial charge in [-0.1, -0.05) is 12.1 Å². The zero-order valence-corrected chi connectivity index (χ0v) is 25.6. The zero-order chi connectivity index (χ0) is 32.2. The van der Waals surface area contributed by atoms with Crippen LogP contribution in [0.1, 0.15) is 32.6 Å². The van der Waals surface area contributed by atoms with Crippen molar-refractivity contribution in [3.8, 4) is 28.5 Å². The van der Waals surface area contributed by atoms with Gasteiger partial charge in [-0.2, -0.15) is 5.26 Å². The van der Waals surface area contributed by atoms with E-state index in [0.29, 0.717) is 28.5 Å². The van der Waals surface area contributed by atoms with Gasteiger partial charge in [-0.05, 0) is 77.2 Å². The lowest BCUT2D eigenvalue weighted by Gasteiger charge is -2.21. The van der Waals surface area contributed by atoms with Gasteiger partial charge >= 0.3 is 0 Å². The van der Waals surface area contributed by atoms with Crippen LogP contribution in [-0.2, 0) is 23.5 Å². The smallest absolute Gasteiger partial charge is 0.258 e. The Hall–Kier alpha value is -5.47. The number of amides is 1. The Labute approximate surface area is 258 Å². The van der Waals surface area contributed by atoms with E-state index in [-0.39, 0.29) is 39.3 Å². The van der Waals surface area contributed by atoms with Crippen molar-refractivity contribution in [2.45, 2.75) is 6.42 Å². The number of carbonyl (C=O) groups is 1. The predicted molar refractivity (Wildman–Crippen MR) is 172 cm³/mol. The molecule has 45 heavy (non-hydrogen) atoms. The summed E-state index contributed by atoms with van der Waals surface area (Å²) in [4.78, 5) is 27.0. The molecule has 1 N–H and O–H groups in total. The third-order valence-electron chi connectivity index (χ3n) is 8.06. The minimum Gasteiger partial charge on any atom is -0.455 e. The summed E-state index contributed by atoms with van der Waals surface area (Å²) >= 11 is 0. The topological polar surface area (TPSA) is 125 Å². The van der Waals surface area contributed by atoms with Crippen molar-refractivity contribution >= 4 is 44.2 Å². The SMILES string of the molecule is CNC(=O)c1c(-c2ccc(F)cc2)oc2cc(N(C)S(C)(=O)=O)c(-c3cc(C4=Cc5c(C#N)cccc5C4)cn(C)c3=O)cc12. The highest BCUT2D eigenvalue weighted by Crippen LogP contribution is 2.41. The number of nitrogens with one attached hydrogen (secondary N) is 1. The van der Waals surface area contributed by atoms with E-state index < -0.39 is 21.7 Å². The van der Waals surface area contributed by atoms with Gasteiger partial charge in [0.15, 0.2) is 0 Å². The molecule has 0 saturated heterocycles. The van der Waals surface area contributed by atoms with E-state index in [2.05, 4.69) is 11.4 Å². The van der Waals surface area contributed by atoms with Crippen LogP contribution in [0.5, 0.6) is 0 Å². The molecule has 0 unspecified atom stereocenters. The molecule has 9 nitrogen and oxygen atoms in total. The summed E-state index contributed by atoms with van der Waals surface area (Å²) in [7, 11) is 0.637. The number of benzene rings is 3. The summed E-state index contributed by atoms with van der Waals surface area (Å²) in [6.07, 6.45) is 5.22. The molecule has 0 atom stereocenters. The highest BCUT2D eigenvalue weighted by molar-refractivity contribution is 7.92. The Morgan fingerprint density at radius 1 is 1.09 bits per heavy atom. The molecule has 5 aromatic rings. The maximum atomic E-state index is 13.7. The van der Waals surface area contributed by atoms with Crippen molar-refractivity contribution in [2.24, 2.45) is 7.05 Å². The van der Waals surface area contributed by atoms with Gasteiger partial charge in [0, 0.05) is 55.5 Å². The highest BCUT2D eigenvalue weighted by atomic mass is 32.2. The van der Waals surface area contributed by atoms with E-state index in [9.17, 15) is 27.7 Å². The Balaban J connectivity index is 1.63. The number of anilines is 1. The summed E-state index contributed by atoms with van der Waals surface area (Å²) in [5.41, 5.74) is 5.00. The van der Waals surface area contributed by atoms with E-state index >= 15 is 0 Å². The molecule has 0 radical (unpaired) electrons. The van der Waals surface area contributed by atoms with Crippen LogP contribution in [-0.4, -0.2) is 39.2 Å². The fraction of sp³-hybridized carbons (Fsp3) is 0.147. The molecule has 0 aliphatic heterocycles. The maximum absolute atomic E-state index is 13.7. The van der Waals surface area contributed by atoms with Crippen molar-refractivity contribution in [3.05, 3.63) is 111 Å². The molecule has 0 fully saturated rings. The van der Waals surface area contributed by atoms with Gasteiger partial charge in [0.05, 0.1) is 29.1 Å². The van der Waals surface area contributed by atoms with Crippen LogP contribution < -0.4 is 15.2 Å². The number of furan rings is 1. The molecule has 226 valence electrons. The van der Waals surface area contributed by atoms with Gasteiger partial charge in [0.2, 0.25) is 10.0 Å². The Morgan fingerprint density at radius 3 is 2.49 bits per heavy atom. The molecule has 0 saturated carbocycles. The van der Waals surface area contributed by atoms with Crippen molar-refractivity contribution in [2.75, 3.05) is 24.7 Å². The summed E-state index contributed by atoms with van der Waals surface area (Å²) < 4.78 is 48.0. The number of aryl methyl sites for hydroxylation is 1. The molecule has 3 aromatic carbocycles. The van der Waals surface area contributed by atoms with E-state index in [0.717, 1.165) is 27.3 Å². The number of pyridine rings is 1. The molecule has 1 aliphatic rings. The number of nitrogens with zero attached hydrogens (tertiary/aromatic N) is 3. The molecule has 1 amide bonds. The molecule has 0 bridgehead atoms. The first kappa shape index (κ1) is 29.6. The van der Waals surface area contributed by atoms with E-state index in [4.69, 9.17) is 4.42 Å².